The maximum atomic E-state index is 13.2. The molecule has 2 N–H and O–H groups in total. The van der Waals surface area contributed by atoms with Gasteiger partial charge in [0, 0.05) is 0 Å². The van der Waals surface area contributed by atoms with Crippen LogP contribution in [0.4, 0.5) is 4.79 Å². The van der Waals surface area contributed by atoms with Crippen molar-refractivity contribution in [3.05, 3.63) is 71.3 Å². The monoisotopic (exact) mass is 391 g/mol. The number of hydrogen-bond acceptors (Lipinski definition) is 3. The Labute approximate surface area is 170 Å². The highest BCUT2D eigenvalue weighted by molar-refractivity contribution is 6.09. The number of imide groups is 1. The molecule has 2 aromatic rings. The minimum Gasteiger partial charge on any atom is -0.348 e. The van der Waals surface area contributed by atoms with E-state index in [1.807, 2.05) is 55.5 Å². The summed E-state index contributed by atoms with van der Waals surface area (Å²) < 4.78 is 0. The molecule has 4 rings (SSSR count). The molecule has 150 valence electrons. The molecule has 1 aliphatic heterocycles. The highest BCUT2D eigenvalue weighted by atomic mass is 16.2. The Morgan fingerprint density at radius 1 is 1.14 bits per heavy atom. The number of hydrogen-bond donors (Lipinski definition) is 2. The van der Waals surface area contributed by atoms with Crippen LogP contribution in [0.3, 0.4) is 0 Å². The summed E-state index contributed by atoms with van der Waals surface area (Å²) >= 11 is 0. The molecule has 0 bridgehead atoms. The lowest BCUT2D eigenvalue weighted by atomic mass is 9.87. The number of nitrogens with zero attached hydrogens (tertiary/aromatic N) is 1. The topological polar surface area (TPSA) is 78.5 Å². The average Bonchev–Trinajstić information content (AvgIpc) is 3.00. The third-order valence-electron chi connectivity index (χ3n) is 5.98. The Morgan fingerprint density at radius 2 is 1.86 bits per heavy atom. The first-order chi connectivity index (χ1) is 14.0. The molecule has 0 aromatic heterocycles. The van der Waals surface area contributed by atoms with Crippen LogP contribution in [-0.2, 0) is 21.5 Å². The van der Waals surface area contributed by atoms with E-state index >= 15 is 0 Å². The number of urea groups is 1. The predicted octanol–water partition coefficient (Wildman–Crippen LogP) is 3.04. The van der Waals surface area contributed by atoms with Crippen LogP contribution >= 0.6 is 0 Å². The Bertz CT molecular complexity index is 943. The van der Waals surface area contributed by atoms with Crippen molar-refractivity contribution in [1.82, 2.24) is 15.5 Å². The molecule has 1 fully saturated rings. The summed E-state index contributed by atoms with van der Waals surface area (Å²) in [6.45, 7) is 1.58. The summed E-state index contributed by atoms with van der Waals surface area (Å²) in [5.74, 6) is -0.703. The van der Waals surface area contributed by atoms with Gasteiger partial charge in [0.05, 0.1) is 6.04 Å². The van der Waals surface area contributed by atoms with Gasteiger partial charge in [-0.3, -0.25) is 14.5 Å². The van der Waals surface area contributed by atoms with Gasteiger partial charge in [0.15, 0.2) is 0 Å². The van der Waals surface area contributed by atoms with E-state index in [9.17, 15) is 14.4 Å². The third kappa shape index (κ3) is 3.39. The van der Waals surface area contributed by atoms with E-state index in [1.165, 1.54) is 5.56 Å². The molecule has 6 heteroatoms. The largest absolute Gasteiger partial charge is 0.348 e. The number of nitrogens with one attached hydrogen (secondary N) is 2. The van der Waals surface area contributed by atoms with Gasteiger partial charge < -0.3 is 10.6 Å². The quantitative estimate of drug-likeness (QED) is 0.769. The fourth-order valence-electron chi connectivity index (χ4n) is 4.42. The number of benzene rings is 2. The van der Waals surface area contributed by atoms with Gasteiger partial charge in [-0.05, 0) is 42.4 Å². The molecular formula is C23H25N3O3. The molecule has 1 saturated heterocycles. The van der Waals surface area contributed by atoms with Crippen LogP contribution in [0.15, 0.2) is 54.6 Å². The van der Waals surface area contributed by atoms with Crippen molar-refractivity contribution in [2.24, 2.45) is 0 Å². The number of carbonyl (C=O) groups is 3. The summed E-state index contributed by atoms with van der Waals surface area (Å²) in [4.78, 5) is 39.5. The van der Waals surface area contributed by atoms with E-state index in [2.05, 4.69) is 16.7 Å². The Morgan fingerprint density at radius 3 is 2.62 bits per heavy atom. The van der Waals surface area contributed by atoms with Crippen LogP contribution in [0.2, 0.25) is 0 Å². The molecule has 0 saturated carbocycles. The maximum Gasteiger partial charge on any atom is 0.325 e. The molecule has 2 aliphatic rings. The fraction of sp³-hybridized carbons (Fsp3) is 0.348. The number of amides is 4. The van der Waals surface area contributed by atoms with Crippen molar-refractivity contribution in [3.8, 4) is 0 Å². The smallest absolute Gasteiger partial charge is 0.325 e. The Balaban J connectivity index is 1.49. The molecule has 4 amide bonds. The molecule has 0 unspecified atom stereocenters. The number of aryl methyl sites for hydroxylation is 1. The number of carbonyl (C=O) groups excluding carboxylic acids is 3. The first-order valence-corrected chi connectivity index (χ1v) is 10.1. The predicted molar refractivity (Wildman–Crippen MR) is 109 cm³/mol. The minimum absolute atomic E-state index is 0.0849. The van der Waals surface area contributed by atoms with Crippen LogP contribution in [0.25, 0.3) is 0 Å². The van der Waals surface area contributed by atoms with Crippen molar-refractivity contribution in [3.63, 3.8) is 0 Å². The zero-order valence-electron chi connectivity index (χ0n) is 16.5. The fourth-order valence-corrected chi connectivity index (χ4v) is 4.42. The normalized spacial score (nSPS) is 23.5. The molecule has 1 aliphatic carbocycles. The van der Waals surface area contributed by atoms with E-state index in [1.54, 1.807) is 0 Å². The van der Waals surface area contributed by atoms with Crippen LogP contribution < -0.4 is 10.6 Å². The lowest BCUT2D eigenvalue weighted by Gasteiger charge is -2.27. The second-order valence-corrected chi connectivity index (χ2v) is 7.66. The molecule has 0 spiro atoms. The second-order valence-electron chi connectivity index (χ2n) is 7.66. The summed E-state index contributed by atoms with van der Waals surface area (Å²) in [7, 11) is 0. The standard InChI is InChI=1S/C23H25N3O3/c1-2-23(17-11-4-3-5-12-17)21(28)26(22(29)25-23)15-20(27)24-19-14-8-10-16-9-6-7-13-18(16)19/h3-7,9,11-13,19H,2,8,10,14-15H2,1H3,(H,24,27)(H,25,29)/t19-,23-/m0/s1. The average molecular weight is 391 g/mol. The molecule has 1 heterocycles. The number of rotatable bonds is 5. The minimum atomic E-state index is -1.12. The van der Waals surface area contributed by atoms with Crippen molar-refractivity contribution >= 4 is 17.8 Å². The Hall–Kier alpha value is -3.15. The summed E-state index contributed by atoms with van der Waals surface area (Å²) in [5.41, 5.74) is 1.98. The Kier molecular flexibility index (Phi) is 5.09. The zero-order chi connectivity index (χ0) is 20.4. The molecule has 29 heavy (non-hydrogen) atoms. The van der Waals surface area contributed by atoms with Crippen LogP contribution in [0.5, 0.6) is 0 Å². The summed E-state index contributed by atoms with van der Waals surface area (Å²) in [6.07, 6.45) is 3.27. The lowest BCUT2D eigenvalue weighted by molar-refractivity contribution is -0.135. The van der Waals surface area contributed by atoms with Crippen LogP contribution in [0.1, 0.15) is 48.9 Å². The van der Waals surface area contributed by atoms with E-state index in [-0.39, 0.29) is 24.4 Å². The molecule has 2 aromatic carbocycles. The maximum absolute atomic E-state index is 13.2. The third-order valence-corrected chi connectivity index (χ3v) is 5.98. The first-order valence-electron chi connectivity index (χ1n) is 10.1. The zero-order valence-corrected chi connectivity index (χ0v) is 16.5. The molecule has 6 nitrogen and oxygen atoms in total. The van der Waals surface area contributed by atoms with E-state index in [4.69, 9.17) is 0 Å². The van der Waals surface area contributed by atoms with E-state index in [0.29, 0.717) is 6.42 Å². The van der Waals surface area contributed by atoms with Gasteiger partial charge in [0.25, 0.3) is 5.91 Å². The second kappa shape index (κ2) is 7.70. The highest BCUT2D eigenvalue weighted by Crippen LogP contribution is 2.33. The molecule has 2 atom stereocenters. The van der Waals surface area contributed by atoms with E-state index < -0.39 is 11.6 Å². The van der Waals surface area contributed by atoms with Gasteiger partial charge in [-0.25, -0.2) is 4.79 Å². The SMILES string of the molecule is CC[C@@]1(c2ccccc2)NC(=O)N(CC(=O)N[C@H]2CCCc3ccccc32)C1=O. The van der Waals surface area contributed by atoms with Gasteiger partial charge in [-0.2, -0.15) is 0 Å². The van der Waals surface area contributed by atoms with Crippen molar-refractivity contribution in [1.29, 1.82) is 0 Å². The first kappa shape index (κ1) is 19.2. The van der Waals surface area contributed by atoms with Crippen molar-refractivity contribution in [2.45, 2.75) is 44.2 Å². The van der Waals surface area contributed by atoms with Crippen LogP contribution in [-0.4, -0.2) is 29.3 Å². The summed E-state index contributed by atoms with van der Waals surface area (Å²) in [5, 5.41) is 5.83. The van der Waals surface area contributed by atoms with Crippen molar-refractivity contribution < 1.29 is 14.4 Å². The molecular weight excluding hydrogens is 366 g/mol. The van der Waals surface area contributed by atoms with Gasteiger partial charge in [0.1, 0.15) is 12.1 Å². The van der Waals surface area contributed by atoms with Crippen molar-refractivity contribution in [2.75, 3.05) is 6.54 Å². The number of fused-ring (bicyclic) bond motifs is 1. The van der Waals surface area contributed by atoms with E-state index in [0.717, 1.165) is 35.3 Å². The van der Waals surface area contributed by atoms with Crippen LogP contribution in [0, 0.1) is 0 Å². The van der Waals surface area contributed by atoms with Gasteiger partial charge >= 0.3 is 6.03 Å². The lowest BCUT2D eigenvalue weighted by Crippen LogP contribution is -2.45. The highest BCUT2D eigenvalue weighted by Gasteiger charge is 2.51. The molecule has 0 radical (unpaired) electrons. The summed E-state index contributed by atoms with van der Waals surface area (Å²) in [6, 6.07) is 16.7. The van der Waals surface area contributed by atoms with Gasteiger partial charge in [0.2, 0.25) is 5.91 Å². The van der Waals surface area contributed by atoms with Gasteiger partial charge in [-0.1, -0.05) is 61.5 Å². The van der Waals surface area contributed by atoms with Gasteiger partial charge in [-0.15, -0.1) is 0 Å².